The highest BCUT2D eigenvalue weighted by Gasteiger charge is 2.19. The fraction of sp³-hybridized carbons (Fsp3) is 0.762. The normalized spacial score (nSPS) is 12.6. The van der Waals surface area contributed by atoms with E-state index in [0.29, 0.717) is 19.3 Å². The fourth-order valence-corrected chi connectivity index (χ4v) is 8.29. The van der Waals surface area contributed by atoms with Gasteiger partial charge in [-0.05, 0) is 89.9 Å². The van der Waals surface area contributed by atoms with E-state index >= 15 is 0 Å². The second-order valence-electron chi connectivity index (χ2n) is 19.5. The summed E-state index contributed by atoms with van der Waals surface area (Å²) in [5, 5.41) is 0. The number of esters is 3. The molecule has 0 fully saturated rings. The predicted molar refractivity (Wildman–Crippen MR) is 298 cm³/mol. The molecule has 0 aromatic carbocycles. The van der Waals surface area contributed by atoms with E-state index in [0.717, 1.165) is 103 Å². The van der Waals surface area contributed by atoms with Crippen molar-refractivity contribution in [3.8, 4) is 0 Å². The predicted octanol–water partition coefficient (Wildman–Crippen LogP) is 19.8. The molecule has 398 valence electrons. The van der Waals surface area contributed by atoms with Gasteiger partial charge in [-0.1, -0.05) is 254 Å². The third-order valence-corrected chi connectivity index (χ3v) is 12.7. The fourth-order valence-electron chi connectivity index (χ4n) is 8.29. The molecule has 0 aliphatic heterocycles. The van der Waals surface area contributed by atoms with Crippen molar-refractivity contribution in [2.24, 2.45) is 0 Å². The summed E-state index contributed by atoms with van der Waals surface area (Å²) < 4.78 is 16.8. The molecule has 0 saturated carbocycles. The van der Waals surface area contributed by atoms with Gasteiger partial charge in [0.2, 0.25) is 0 Å². The molecule has 0 N–H and O–H groups in total. The third-order valence-electron chi connectivity index (χ3n) is 12.7. The van der Waals surface area contributed by atoms with Crippen LogP contribution in [0.1, 0.15) is 290 Å². The molecule has 0 aliphatic rings. The number of allylic oxidation sites excluding steroid dienone is 12. The van der Waals surface area contributed by atoms with E-state index in [2.05, 4.69) is 93.7 Å². The molecule has 0 radical (unpaired) electrons. The number of hydrogen-bond donors (Lipinski definition) is 0. The summed E-state index contributed by atoms with van der Waals surface area (Å²) >= 11 is 0. The highest BCUT2D eigenvalue weighted by molar-refractivity contribution is 5.71. The molecule has 1 unspecified atom stereocenters. The number of rotatable bonds is 53. The van der Waals surface area contributed by atoms with Gasteiger partial charge in [-0.25, -0.2) is 0 Å². The first-order chi connectivity index (χ1) is 34.0. The zero-order valence-corrected chi connectivity index (χ0v) is 45.6. The molecule has 0 aromatic rings. The van der Waals surface area contributed by atoms with E-state index in [-0.39, 0.29) is 31.1 Å². The van der Waals surface area contributed by atoms with Crippen LogP contribution in [0.4, 0.5) is 0 Å². The Labute approximate surface area is 427 Å². The van der Waals surface area contributed by atoms with E-state index < -0.39 is 6.10 Å². The zero-order chi connectivity index (χ0) is 50.0. The molecule has 69 heavy (non-hydrogen) atoms. The van der Waals surface area contributed by atoms with Crippen LogP contribution in [0.15, 0.2) is 72.9 Å². The number of unbranched alkanes of at least 4 members (excludes halogenated alkanes) is 30. The lowest BCUT2D eigenvalue weighted by molar-refractivity contribution is -0.167. The standard InChI is InChI=1S/C63H110O6/c1-4-7-10-13-16-19-21-23-25-26-27-28-29-30-31-32-33-34-35-36-37-38-39-41-42-44-47-50-53-56-62(65)68-59-60(58-67-61(64)55-52-49-46-18-15-12-9-6-3)69-63(66)57-54-51-48-45-43-40-24-22-20-17-14-11-8-5-2/h7,10,16,19,22-25,27-28,30-31,60H,4-6,8-9,11-15,17-18,20-21,26,29,32-59H2,1-3H3/b10-7-,19-16-,24-22-,25-23-,28-27-,31-30-. The first-order valence-electron chi connectivity index (χ1n) is 29.4. The summed E-state index contributed by atoms with van der Waals surface area (Å²) in [7, 11) is 0. The van der Waals surface area contributed by atoms with Crippen molar-refractivity contribution < 1.29 is 28.6 Å². The molecule has 0 aromatic heterocycles. The van der Waals surface area contributed by atoms with Crippen molar-refractivity contribution in [3.05, 3.63) is 72.9 Å². The van der Waals surface area contributed by atoms with Gasteiger partial charge in [0.25, 0.3) is 0 Å². The summed E-state index contributed by atoms with van der Waals surface area (Å²) in [6.45, 7) is 6.50. The molecule has 0 heterocycles. The minimum atomic E-state index is -0.775. The van der Waals surface area contributed by atoms with Gasteiger partial charge in [0.15, 0.2) is 6.10 Å². The maximum absolute atomic E-state index is 12.8. The summed E-state index contributed by atoms with van der Waals surface area (Å²) in [5.41, 5.74) is 0. The largest absolute Gasteiger partial charge is 0.462 e. The van der Waals surface area contributed by atoms with Gasteiger partial charge < -0.3 is 14.2 Å². The molecular weight excluding hydrogens is 853 g/mol. The van der Waals surface area contributed by atoms with E-state index in [9.17, 15) is 14.4 Å². The maximum Gasteiger partial charge on any atom is 0.306 e. The number of hydrogen-bond acceptors (Lipinski definition) is 6. The number of ether oxygens (including phenoxy) is 3. The quantitative estimate of drug-likeness (QED) is 0.0262. The van der Waals surface area contributed by atoms with Crippen molar-refractivity contribution in [2.75, 3.05) is 13.2 Å². The zero-order valence-electron chi connectivity index (χ0n) is 45.6. The van der Waals surface area contributed by atoms with Gasteiger partial charge in [-0.15, -0.1) is 0 Å². The van der Waals surface area contributed by atoms with Gasteiger partial charge >= 0.3 is 17.9 Å². The first kappa shape index (κ1) is 65.8. The van der Waals surface area contributed by atoms with Crippen LogP contribution in [0.3, 0.4) is 0 Å². The summed E-state index contributed by atoms with van der Waals surface area (Å²) in [6, 6.07) is 0. The van der Waals surface area contributed by atoms with E-state index in [1.165, 1.54) is 148 Å². The highest BCUT2D eigenvalue weighted by atomic mass is 16.6. The Balaban J connectivity index is 4.12. The van der Waals surface area contributed by atoms with Crippen molar-refractivity contribution in [2.45, 2.75) is 297 Å². The Morgan fingerprint density at radius 3 is 0.899 bits per heavy atom. The van der Waals surface area contributed by atoms with E-state index in [1.54, 1.807) is 0 Å². The second kappa shape index (κ2) is 57.4. The van der Waals surface area contributed by atoms with Gasteiger partial charge in [-0.2, -0.15) is 0 Å². The monoisotopic (exact) mass is 963 g/mol. The highest BCUT2D eigenvalue weighted by Crippen LogP contribution is 2.16. The molecule has 0 rings (SSSR count). The Hall–Kier alpha value is -3.15. The van der Waals surface area contributed by atoms with Crippen molar-refractivity contribution >= 4 is 17.9 Å². The lowest BCUT2D eigenvalue weighted by atomic mass is 10.0. The molecule has 6 nitrogen and oxygen atoms in total. The van der Waals surface area contributed by atoms with Gasteiger partial charge in [0.1, 0.15) is 13.2 Å². The van der Waals surface area contributed by atoms with Gasteiger partial charge in [-0.3, -0.25) is 14.4 Å². The van der Waals surface area contributed by atoms with Crippen LogP contribution in [-0.2, 0) is 28.6 Å². The van der Waals surface area contributed by atoms with Crippen LogP contribution in [0.25, 0.3) is 0 Å². The van der Waals surface area contributed by atoms with E-state index in [4.69, 9.17) is 14.2 Å². The van der Waals surface area contributed by atoms with Crippen LogP contribution in [0, 0.1) is 0 Å². The topological polar surface area (TPSA) is 78.9 Å². The van der Waals surface area contributed by atoms with Crippen LogP contribution in [0.2, 0.25) is 0 Å². The Kier molecular flexibility index (Phi) is 54.8. The van der Waals surface area contributed by atoms with Crippen LogP contribution >= 0.6 is 0 Å². The number of carbonyl (C=O) groups excluding carboxylic acids is 3. The minimum Gasteiger partial charge on any atom is -0.462 e. The second-order valence-corrected chi connectivity index (χ2v) is 19.5. The van der Waals surface area contributed by atoms with Gasteiger partial charge in [0.05, 0.1) is 0 Å². The molecule has 0 saturated heterocycles. The van der Waals surface area contributed by atoms with Crippen LogP contribution in [0.5, 0.6) is 0 Å². The Morgan fingerprint density at radius 1 is 0.304 bits per heavy atom. The third kappa shape index (κ3) is 55.6. The molecule has 6 heteroatoms. The molecule has 0 spiro atoms. The Morgan fingerprint density at radius 2 is 0.565 bits per heavy atom. The molecule has 1 atom stereocenters. The number of carbonyl (C=O) groups is 3. The lowest BCUT2D eigenvalue weighted by Gasteiger charge is -2.18. The SMILES string of the molecule is CC/C=C\C/C=C\C/C=C\C/C=C\C/C=C\CCCCCCCCCCCCCCCC(=O)OCC(COC(=O)CCCCCCCCCC)OC(=O)CCCCCCC/C=C\CCCCCCC. The smallest absolute Gasteiger partial charge is 0.306 e. The Bertz CT molecular complexity index is 1290. The average molecular weight is 964 g/mol. The average Bonchev–Trinajstić information content (AvgIpc) is 3.35. The minimum absolute atomic E-state index is 0.0758. The van der Waals surface area contributed by atoms with Crippen molar-refractivity contribution in [1.82, 2.24) is 0 Å². The van der Waals surface area contributed by atoms with Crippen molar-refractivity contribution in [3.63, 3.8) is 0 Å². The lowest BCUT2D eigenvalue weighted by Crippen LogP contribution is -2.30. The first-order valence-corrected chi connectivity index (χ1v) is 29.4. The van der Waals surface area contributed by atoms with Crippen LogP contribution in [-0.4, -0.2) is 37.2 Å². The van der Waals surface area contributed by atoms with Crippen LogP contribution < -0.4 is 0 Å². The molecule has 0 amide bonds. The molecular formula is C63H110O6. The molecule has 0 aliphatic carbocycles. The molecule has 0 bridgehead atoms. The summed E-state index contributed by atoms with van der Waals surface area (Å²) in [6.07, 6.45) is 73.5. The van der Waals surface area contributed by atoms with Crippen molar-refractivity contribution in [1.29, 1.82) is 0 Å². The maximum atomic E-state index is 12.8. The van der Waals surface area contributed by atoms with Gasteiger partial charge in [0, 0.05) is 19.3 Å². The summed E-state index contributed by atoms with van der Waals surface area (Å²) in [5.74, 6) is -0.882. The van der Waals surface area contributed by atoms with E-state index in [1.807, 2.05) is 0 Å². The summed E-state index contributed by atoms with van der Waals surface area (Å²) in [4.78, 5) is 38.0.